The molecule has 3 heterocycles. The molecule has 24 heavy (non-hydrogen) atoms. The zero-order chi connectivity index (χ0) is 16.8. The molecule has 0 spiro atoms. The lowest BCUT2D eigenvalue weighted by Crippen LogP contribution is -2.42. The van der Waals surface area contributed by atoms with Crippen molar-refractivity contribution in [2.75, 3.05) is 44.7 Å². The predicted molar refractivity (Wildman–Crippen MR) is 88.5 cm³/mol. The van der Waals surface area contributed by atoms with Gasteiger partial charge in [0, 0.05) is 25.7 Å². The lowest BCUT2D eigenvalue weighted by molar-refractivity contribution is -0.136. The van der Waals surface area contributed by atoms with E-state index in [1.54, 1.807) is 22.0 Å². The lowest BCUT2D eigenvalue weighted by atomic mass is 10.0. The molecule has 2 saturated heterocycles. The highest BCUT2D eigenvalue weighted by atomic mass is 16.5. The van der Waals surface area contributed by atoms with E-state index in [4.69, 9.17) is 4.74 Å². The minimum atomic E-state index is 0.000885. The Morgan fingerprint density at radius 1 is 1.38 bits per heavy atom. The predicted octanol–water partition coefficient (Wildman–Crippen LogP) is 0.0701. The van der Waals surface area contributed by atoms with Gasteiger partial charge in [0.1, 0.15) is 6.54 Å². The number of aromatic nitrogens is 2. The number of nitrogens with one attached hydrogen (secondary N) is 2. The van der Waals surface area contributed by atoms with Crippen LogP contribution in [0.2, 0.25) is 0 Å². The van der Waals surface area contributed by atoms with Gasteiger partial charge >= 0.3 is 0 Å². The van der Waals surface area contributed by atoms with Crippen molar-refractivity contribution >= 4 is 17.5 Å². The Bertz CT molecular complexity index is 562. The maximum atomic E-state index is 12.2. The average molecular weight is 335 g/mol. The van der Waals surface area contributed by atoms with E-state index in [1.807, 2.05) is 0 Å². The fourth-order valence-corrected chi connectivity index (χ4v) is 3.09. The number of morpholine rings is 1. The number of hydrogen-bond acceptors (Lipinski definition) is 5. The SMILES string of the molecule is O=C(CCC1CCNC1)Nc1cnn(CC(=O)N2CCOCC2)c1. The summed E-state index contributed by atoms with van der Waals surface area (Å²) in [4.78, 5) is 25.9. The summed E-state index contributed by atoms with van der Waals surface area (Å²) < 4.78 is 6.80. The third-order valence-electron chi connectivity index (χ3n) is 4.52. The fourth-order valence-electron chi connectivity index (χ4n) is 3.09. The van der Waals surface area contributed by atoms with Gasteiger partial charge in [-0.1, -0.05) is 0 Å². The number of nitrogens with zero attached hydrogens (tertiary/aromatic N) is 3. The maximum absolute atomic E-state index is 12.2. The Balaban J connectivity index is 1.42. The molecule has 0 saturated carbocycles. The zero-order valence-corrected chi connectivity index (χ0v) is 13.9. The van der Waals surface area contributed by atoms with Gasteiger partial charge in [0.05, 0.1) is 25.1 Å². The molecular weight excluding hydrogens is 310 g/mol. The topological polar surface area (TPSA) is 88.5 Å². The molecule has 2 N–H and O–H groups in total. The minimum absolute atomic E-state index is 0.000885. The maximum Gasteiger partial charge on any atom is 0.244 e. The molecule has 8 heteroatoms. The highest BCUT2D eigenvalue weighted by Gasteiger charge is 2.18. The number of rotatable bonds is 6. The average Bonchev–Trinajstić information content (AvgIpc) is 3.26. The Labute approximate surface area is 141 Å². The second-order valence-corrected chi connectivity index (χ2v) is 6.37. The first-order chi connectivity index (χ1) is 11.7. The number of hydrogen-bond donors (Lipinski definition) is 2. The summed E-state index contributed by atoms with van der Waals surface area (Å²) in [5, 5.41) is 10.3. The van der Waals surface area contributed by atoms with Crippen LogP contribution in [0.15, 0.2) is 12.4 Å². The molecule has 0 bridgehead atoms. The third kappa shape index (κ3) is 4.78. The quantitative estimate of drug-likeness (QED) is 0.768. The van der Waals surface area contributed by atoms with E-state index in [-0.39, 0.29) is 18.4 Å². The zero-order valence-electron chi connectivity index (χ0n) is 13.9. The molecule has 0 aromatic carbocycles. The van der Waals surface area contributed by atoms with Gasteiger partial charge < -0.3 is 20.3 Å². The second kappa shape index (κ2) is 8.25. The first kappa shape index (κ1) is 16.9. The standard InChI is InChI=1S/C16H25N5O3/c22-15(2-1-13-3-4-17-9-13)19-14-10-18-21(11-14)12-16(23)20-5-7-24-8-6-20/h10-11,13,17H,1-9,12H2,(H,19,22). The molecule has 2 aliphatic rings. The summed E-state index contributed by atoms with van der Waals surface area (Å²) in [6, 6.07) is 0. The molecule has 0 radical (unpaired) electrons. The Morgan fingerprint density at radius 2 is 2.21 bits per heavy atom. The van der Waals surface area contributed by atoms with Gasteiger partial charge in [-0.2, -0.15) is 5.10 Å². The van der Waals surface area contributed by atoms with E-state index in [2.05, 4.69) is 15.7 Å². The molecule has 1 unspecified atom stereocenters. The highest BCUT2D eigenvalue weighted by molar-refractivity contribution is 5.90. The van der Waals surface area contributed by atoms with Crippen LogP contribution < -0.4 is 10.6 Å². The van der Waals surface area contributed by atoms with E-state index in [9.17, 15) is 9.59 Å². The van der Waals surface area contributed by atoms with Crippen molar-refractivity contribution in [1.82, 2.24) is 20.0 Å². The molecule has 8 nitrogen and oxygen atoms in total. The molecule has 2 amide bonds. The number of anilines is 1. The fraction of sp³-hybridized carbons (Fsp3) is 0.688. The van der Waals surface area contributed by atoms with Crippen LogP contribution in [0.1, 0.15) is 19.3 Å². The van der Waals surface area contributed by atoms with Crippen LogP contribution in [0.25, 0.3) is 0 Å². The van der Waals surface area contributed by atoms with Crippen molar-refractivity contribution in [3.63, 3.8) is 0 Å². The van der Waals surface area contributed by atoms with Crippen LogP contribution in [0.4, 0.5) is 5.69 Å². The van der Waals surface area contributed by atoms with Crippen LogP contribution >= 0.6 is 0 Å². The molecule has 1 aromatic rings. The summed E-state index contributed by atoms with van der Waals surface area (Å²) in [5.74, 6) is 0.624. The van der Waals surface area contributed by atoms with E-state index in [0.29, 0.717) is 44.3 Å². The molecule has 2 fully saturated rings. The molecule has 0 aliphatic carbocycles. The van der Waals surface area contributed by atoms with Gasteiger partial charge in [-0.3, -0.25) is 14.3 Å². The van der Waals surface area contributed by atoms with Crippen LogP contribution in [0.3, 0.4) is 0 Å². The largest absolute Gasteiger partial charge is 0.378 e. The Morgan fingerprint density at radius 3 is 2.96 bits per heavy atom. The van der Waals surface area contributed by atoms with Gasteiger partial charge in [-0.25, -0.2) is 0 Å². The summed E-state index contributed by atoms with van der Waals surface area (Å²) in [6.07, 6.45) is 5.86. The summed E-state index contributed by atoms with van der Waals surface area (Å²) in [7, 11) is 0. The molecule has 1 aromatic heterocycles. The Hall–Kier alpha value is -1.93. The number of ether oxygens (including phenoxy) is 1. The van der Waals surface area contributed by atoms with Crippen molar-refractivity contribution in [2.45, 2.75) is 25.8 Å². The molecule has 2 aliphatic heterocycles. The van der Waals surface area contributed by atoms with Gasteiger partial charge in [0.2, 0.25) is 11.8 Å². The van der Waals surface area contributed by atoms with Crippen LogP contribution in [-0.2, 0) is 20.9 Å². The van der Waals surface area contributed by atoms with Crippen LogP contribution in [0.5, 0.6) is 0 Å². The van der Waals surface area contributed by atoms with E-state index in [0.717, 1.165) is 25.9 Å². The number of carbonyl (C=O) groups is 2. The van der Waals surface area contributed by atoms with Crippen molar-refractivity contribution in [3.05, 3.63) is 12.4 Å². The van der Waals surface area contributed by atoms with Crippen molar-refractivity contribution in [3.8, 4) is 0 Å². The third-order valence-corrected chi connectivity index (χ3v) is 4.52. The van der Waals surface area contributed by atoms with Crippen molar-refractivity contribution in [2.24, 2.45) is 5.92 Å². The van der Waals surface area contributed by atoms with Gasteiger partial charge in [-0.05, 0) is 31.8 Å². The van der Waals surface area contributed by atoms with Crippen molar-refractivity contribution < 1.29 is 14.3 Å². The van der Waals surface area contributed by atoms with E-state index in [1.165, 1.54) is 0 Å². The lowest BCUT2D eigenvalue weighted by Gasteiger charge is -2.26. The Kier molecular flexibility index (Phi) is 5.81. The van der Waals surface area contributed by atoms with Crippen molar-refractivity contribution in [1.29, 1.82) is 0 Å². The minimum Gasteiger partial charge on any atom is -0.378 e. The van der Waals surface area contributed by atoms with Crippen LogP contribution in [-0.4, -0.2) is 65.9 Å². The van der Waals surface area contributed by atoms with Gasteiger partial charge in [0.25, 0.3) is 0 Å². The summed E-state index contributed by atoms with van der Waals surface area (Å²) in [6.45, 7) is 4.67. The highest BCUT2D eigenvalue weighted by Crippen LogP contribution is 2.15. The molecular formula is C16H25N5O3. The summed E-state index contributed by atoms with van der Waals surface area (Å²) >= 11 is 0. The monoisotopic (exact) mass is 335 g/mol. The number of amides is 2. The smallest absolute Gasteiger partial charge is 0.244 e. The molecule has 1 atom stereocenters. The molecule has 3 rings (SSSR count). The second-order valence-electron chi connectivity index (χ2n) is 6.37. The van der Waals surface area contributed by atoms with Crippen LogP contribution in [0, 0.1) is 5.92 Å². The van der Waals surface area contributed by atoms with Gasteiger partial charge in [0.15, 0.2) is 0 Å². The first-order valence-corrected chi connectivity index (χ1v) is 8.59. The first-order valence-electron chi connectivity index (χ1n) is 8.59. The number of carbonyl (C=O) groups excluding carboxylic acids is 2. The molecule has 132 valence electrons. The normalized spacial score (nSPS) is 21.0. The summed E-state index contributed by atoms with van der Waals surface area (Å²) in [5.41, 5.74) is 0.638. The van der Waals surface area contributed by atoms with E-state index >= 15 is 0 Å². The van der Waals surface area contributed by atoms with E-state index < -0.39 is 0 Å². The van der Waals surface area contributed by atoms with Gasteiger partial charge in [-0.15, -0.1) is 0 Å².